The second-order valence-corrected chi connectivity index (χ2v) is 6.87. The quantitative estimate of drug-likeness (QED) is 0.818. The average molecular weight is 365 g/mol. The number of nitrogens with one attached hydrogen (secondary N) is 1. The number of nitrogens with two attached hydrogens (primary N) is 1. The van der Waals surface area contributed by atoms with Gasteiger partial charge in [0.15, 0.2) is 0 Å². The second kappa shape index (κ2) is 6.66. The molecule has 1 unspecified atom stereocenters. The molecule has 0 radical (unpaired) electrons. The van der Waals surface area contributed by atoms with Crippen molar-refractivity contribution in [1.82, 2.24) is 5.32 Å². The first kappa shape index (κ1) is 17.1. The molecule has 0 aliphatic heterocycles. The number of rotatable bonds is 5. The van der Waals surface area contributed by atoms with Gasteiger partial charge in [-0.1, -0.05) is 15.9 Å². The Hall–Kier alpha value is -0.960. The Morgan fingerprint density at radius 3 is 2.60 bits per heavy atom. The van der Waals surface area contributed by atoms with Crippen molar-refractivity contribution in [2.24, 2.45) is 5.14 Å². The number of carbonyl (C=O) groups excluding carboxylic acids is 1. The summed E-state index contributed by atoms with van der Waals surface area (Å²) in [5, 5.41) is 7.82. The van der Waals surface area contributed by atoms with Gasteiger partial charge in [0.2, 0.25) is 10.0 Å². The van der Waals surface area contributed by atoms with Gasteiger partial charge in [0.25, 0.3) is 5.91 Å². The topological polar surface area (TPSA) is 98.5 Å². The second-order valence-electron chi connectivity index (χ2n) is 4.45. The maximum atomic E-state index is 12.2. The molecule has 1 amide bonds. The number of hydrogen-bond donors (Lipinski definition) is 2. The fraction of sp³-hybridized carbons (Fsp3) is 0.417. The highest BCUT2D eigenvalue weighted by Gasteiger charge is 2.18. The van der Waals surface area contributed by atoms with Crippen molar-refractivity contribution < 1.29 is 17.9 Å². The summed E-state index contributed by atoms with van der Waals surface area (Å²) in [5.41, 5.74) is 0.894. The zero-order chi connectivity index (χ0) is 15.5. The molecule has 1 aromatic carbocycles. The molecule has 6 nitrogen and oxygen atoms in total. The van der Waals surface area contributed by atoms with E-state index in [-0.39, 0.29) is 22.4 Å². The van der Waals surface area contributed by atoms with Crippen molar-refractivity contribution in [3.63, 3.8) is 0 Å². The van der Waals surface area contributed by atoms with Crippen LogP contribution in [0.1, 0.15) is 22.8 Å². The average Bonchev–Trinajstić information content (AvgIpc) is 2.31. The molecule has 0 saturated carbocycles. The van der Waals surface area contributed by atoms with Crippen molar-refractivity contribution in [3.05, 3.63) is 27.7 Å². The molecule has 0 saturated heterocycles. The van der Waals surface area contributed by atoms with Gasteiger partial charge in [0, 0.05) is 23.2 Å². The van der Waals surface area contributed by atoms with Gasteiger partial charge in [-0.25, -0.2) is 13.6 Å². The third-order valence-electron chi connectivity index (χ3n) is 2.69. The zero-order valence-corrected chi connectivity index (χ0v) is 13.8. The number of methoxy groups -OCH3 is 1. The minimum absolute atomic E-state index is 0.112. The van der Waals surface area contributed by atoms with Crippen LogP contribution in [-0.2, 0) is 14.8 Å². The van der Waals surface area contributed by atoms with E-state index in [0.29, 0.717) is 16.6 Å². The molecule has 0 aromatic heterocycles. The van der Waals surface area contributed by atoms with Crippen LogP contribution in [0, 0.1) is 6.92 Å². The molecule has 0 fully saturated rings. The minimum Gasteiger partial charge on any atom is -0.383 e. The van der Waals surface area contributed by atoms with Gasteiger partial charge < -0.3 is 10.1 Å². The lowest BCUT2D eigenvalue weighted by Crippen LogP contribution is -2.36. The number of sulfonamides is 1. The van der Waals surface area contributed by atoms with E-state index in [1.54, 1.807) is 13.8 Å². The van der Waals surface area contributed by atoms with Crippen LogP contribution in [0.5, 0.6) is 0 Å². The first-order chi connectivity index (χ1) is 9.16. The summed E-state index contributed by atoms with van der Waals surface area (Å²) in [5.74, 6) is -0.377. The first-order valence-corrected chi connectivity index (χ1v) is 8.13. The first-order valence-electron chi connectivity index (χ1n) is 5.79. The van der Waals surface area contributed by atoms with Crippen molar-refractivity contribution in [3.8, 4) is 0 Å². The Bertz CT molecular complexity index is 616. The van der Waals surface area contributed by atoms with E-state index in [1.165, 1.54) is 19.2 Å². The third-order valence-corrected chi connectivity index (χ3v) is 4.40. The summed E-state index contributed by atoms with van der Waals surface area (Å²) in [6.45, 7) is 3.86. The van der Waals surface area contributed by atoms with E-state index in [1.807, 2.05) is 0 Å². The zero-order valence-electron chi connectivity index (χ0n) is 11.4. The summed E-state index contributed by atoms with van der Waals surface area (Å²) >= 11 is 3.23. The third kappa shape index (κ3) is 4.27. The molecule has 8 heteroatoms. The highest BCUT2D eigenvalue weighted by Crippen LogP contribution is 2.24. The molecule has 0 aliphatic rings. The summed E-state index contributed by atoms with van der Waals surface area (Å²) in [6.07, 6.45) is 0. The lowest BCUT2D eigenvalue weighted by molar-refractivity contribution is 0.0904. The summed E-state index contributed by atoms with van der Waals surface area (Å²) in [6, 6.07) is 2.45. The molecule has 1 rings (SSSR count). The molecule has 112 valence electrons. The molecular weight excluding hydrogens is 348 g/mol. The van der Waals surface area contributed by atoms with E-state index in [9.17, 15) is 13.2 Å². The largest absolute Gasteiger partial charge is 0.383 e. The van der Waals surface area contributed by atoms with Gasteiger partial charge in [-0.15, -0.1) is 0 Å². The van der Waals surface area contributed by atoms with Gasteiger partial charge in [0.1, 0.15) is 0 Å². The SMILES string of the molecule is COCC(C)NC(=O)c1cc(S(N)(=O)=O)cc(Br)c1C. The number of benzene rings is 1. The standard InChI is InChI=1S/C12H17BrN2O4S/c1-7(6-19-3)15-12(16)10-4-9(20(14,17)18)5-11(13)8(10)2/h4-5,7H,6H2,1-3H3,(H,15,16)(H2,14,17,18). The number of hydrogen-bond acceptors (Lipinski definition) is 4. The Morgan fingerprint density at radius 1 is 1.50 bits per heavy atom. The number of primary sulfonamides is 1. The highest BCUT2D eigenvalue weighted by molar-refractivity contribution is 9.10. The lowest BCUT2D eigenvalue weighted by Gasteiger charge is -2.15. The molecule has 0 aliphatic carbocycles. The molecule has 0 heterocycles. The van der Waals surface area contributed by atoms with Crippen LogP contribution < -0.4 is 10.5 Å². The predicted molar refractivity (Wildman–Crippen MR) is 79.1 cm³/mol. The molecule has 0 spiro atoms. The number of ether oxygens (including phenoxy) is 1. The van der Waals surface area contributed by atoms with Crippen LogP contribution in [0.3, 0.4) is 0 Å². The lowest BCUT2D eigenvalue weighted by atomic mass is 10.1. The van der Waals surface area contributed by atoms with E-state index in [2.05, 4.69) is 21.2 Å². The molecular formula is C12H17BrN2O4S. The van der Waals surface area contributed by atoms with Gasteiger partial charge in [-0.05, 0) is 31.5 Å². The van der Waals surface area contributed by atoms with Crippen LogP contribution in [0.25, 0.3) is 0 Å². The van der Waals surface area contributed by atoms with Gasteiger partial charge in [-0.2, -0.15) is 0 Å². The molecule has 20 heavy (non-hydrogen) atoms. The van der Waals surface area contributed by atoms with Crippen LogP contribution in [0.4, 0.5) is 0 Å². The van der Waals surface area contributed by atoms with E-state index in [4.69, 9.17) is 9.88 Å². The Morgan fingerprint density at radius 2 is 2.10 bits per heavy atom. The van der Waals surface area contributed by atoms with Crippen LogP contribution in [0.15, 0.2) is 21.5 Å². The van der Waals surface area contributed by atoms with Crippen molar-refractivity contribution in [2.75, 3.05) is 13.7 Å². The minimum atomic E-state index is -3.87. The maximum absolute atomic E-state index is 12.2. The van der Waals surface area contributed by atoms with Crippen molar-refractivity contribution in [1.29, 1.82) is 0 Å². The molecule has 0 bridgehead atoms. The maximum Gasteiger partial charge on any atom is 0.251 e. The predicted octanol–water partition coefficient (Wildman–Crippen LogP) is 1.17. The van der Waals surface area contributed by atoms with Crippen LogP contribution in [0.2, 0.25) is 0 Å². The smallest absolute Gasteiger partial charge is 0.251 e. The van der Waals surface area contributed by atoms with E-state index in [0.717, 1.165) is 0 Å². The summed E-state index contributed by atoms with van der Waals surface area (Å²) in [4.78, 5) is 12.0. The number of halogens is 1. The van der Waals surface area contributed by atoms with Gasteiger partial charge in [0.05, 0.1) is 11.5 Å². The van der Waals surface area contributed by atoms with Crippen LogP contribution in [-0.4, -0.2) is 34.1 Å². The van der Waals surface area contributed by atoms with E-state index < -0.39 is 10.0 Å². The molecule has 1 aromatic rings. The highest BCUT2D eigenvalue weighted by atomic mass is 79.9. The number of amides is 1. The summed E-state index contributed by atoms with van der Waals surface area (Å²) < 4.78 is 28.2. The fourth-order valence-electron chi connectivity index (χ4n) is 1.65. The molecule has 3 N–H and O–H groups in total. The summed E-state index contributed by atoms with van der Waals surface area (Å²) in [7, 11) is -2.34. The number of carbonyl (C=O) groups is 1. The van der Waals surface area contributed by atoms with Crippen molar-refractivity contribution in [2.45, 2.75) is 24.8 Å². The van der Waals surface area contributed by atoms with Crippen LogP contribution >= 0.6 is 15.9 Å². The normalized spacial score (nSPS) is 13.1. The Kier molecular flexibility index (Phi) is 5.69. The Labute approximate surface area is 126 Å². The Balaban J connectivity index is 3.17. The van der Waals surface area contributed by atoms with Gasteiger partial charge >= 0.3 is 0 Å². The van der Waals surface area contributed by atoms with Gasteiger partial charge in [-0.3, -0.25) is 4.79 Å². The van der Waals surface area contributed by atoms with Crippen molar-refractivity contribution >= 4 is 31.9 Å². The molecule has 1 atom stereocenters. The van der Waals surface area contributed by atoms with E-state index >= 15 is 0 Å². The monoisotopic (exact) mass is 364 g/mol. The fourth-order valence-corrected chi connectivity index (χ4v) is 2.82.